The Balaban J connectivity index is 1.44. The van der Waals surface area contributed by atoms with Gasteiger partial charge in [0.2, 0.25) is 0 Å². The fraction of sp³-hybridized carbons (Fsp3) is 0.455. The first-order valence-corrected chi connectivity index (χ1v) is 10.2. The first kappa shape index (κ1) is 19.6. The minimum Gasteiger partial charge on any atom is -0.372 e. The van der Waals surface area contributed by atoms with Gasteiger partial charge in [0, 0.05) is 31.0 Å². The van der Waals surface area contributed by atoms with Crippen LogP contribution in [0.4, 0.5) is 20.6 Å². The summed E-state index contributed by atoms with van der Waals surface area (Å²) >= 11 is 0. The van der Waals surface area contributed by atoms with Gasteiger partial charge in [0.05, 0.1) is 30.1 Å². The van der Waals surface area contributed by atoms with Gasteiger partial charge < -0.3 is 19.9 Å². The summed E-state index contributed by atoms with van der Waals surface area (Å²) in [5, 5.41) is 2.85. The average Bonchev–Trinajstić information content (AvgIpc) is 3.51. The minimum absolute atomic E-state index is 0.0521. The Labute approximate surface area is 170 Å². The lowest BCUT2D eigenvalue weighted by atomic mass is 10.2. The number of morpholine rings is 1. The van der Waals surface area contributed by atoms with E-state index in [9.17, 15) is 9.18 Å². The van der Waals surface area contributed by atoms with Crippen molar-refractivity contribution in [1.82, 2.24) is 9.88 Å². The molecule has 154 valence electrons. The monoisotopic (exact) mass is 398 g/mol. The number of urea groups is 1. The van der Waals surface area contributed by atoms with Crippen LogP contribution in [0.1, 0.15) is 32.4 Å². The number of amides is 2. The number of pyridine rings is 1. The molecular weight excluding hydrogens is 371 g/mol. The molecule has 2 aromatic rings. The number of anilines is 2. The lowest BCUT2D eigenvalue weighted by Gasteiger charge is -2.37. The number of nitrogens with one attached hydrogen (secondary N) is 1. The highest BCUT2D eigenvalue weighted by molar-refractivity contribution is 5.90. The summed E-state index contributed by atoms with van der Waals surface area (Å²) in [5.74, 6) is -0.341. The number of hydrogen-bond donors (Lipinski definition) is 1. The van der Waals surface area contributed by atoms with Crippen molar-refractivity contribution in [2.45, 2.75) is 51.5 Å². The van der Waals surface area contributed by atoms with Crippen LogP contribution in [0.3, 0.4) is 0 Å². The van der Waals surface area contributed by atoms with Crippen LogP contribution in [0.5, 0.6) is 0 Å². The molecule has 1 aromatic heterocycles. The first-order chi connectivity index (χ1) is 14.0. The maximum absolute atomic E-state index is 14.8. The van der Waals surface area contributed by atoms with Crippen molar-refractivity contribution in [1.29, 1.82) is 0 Å². The Morgan fingerprint density at radius 3 is 2.62 bits per heavy atom. The highest BCUT2D eigenvalue weighted by atomic mass is 19.1. The number of benzene rings is 1. The fourth-order valence-corrected chi connectivity index (χ4v) is 3.83. The zero-order chi connectivity index (χ0) is 20.4. The van der Waals surface area contributed by atoms with Gasteiger partial charge >= 0.3 is 6.03 Å². The number of hydrogen-bond acceptors (Lipinski definition) is 4. The number of carbonyl (C=O) groups excluding carboxylic acids is 1. The molecule has 6 nitrogen and oxygen atoms in total. The van der Waals surface area contributed by atoms with E-state index in [1.807, 2.05) is 36.9 Å². The Morgan fingerprint density at radius 1 is 1.24 bits per heavy atom. The summed E-state index contributed by atoms with van der Waals surface area (Å²) in [7, 11) is 0. The van der Waals surface area contributed by atoms with E-state index in [1.54, 1.807) is 23.2 Å². The standard InChI is InChI=1S/C22H27FN4O2/c1-15-12-26(13-16(2)29-15)21-9-6-17(11-20(21)23)25-22(28)27(19-7-8-19)14-18-5-3-4-10-24-18/h3-6,9-11,15-16,19H,7-8,12-14H2,1-2H3,(H,25,28)/t15-,16-/m1/s1. The van der Waals surface area contributed by atoms with E-state index >= 15 is 0 Å². The smallest absolute Gasteiger partial charge is 0.322 e. The number of rotatable bonds is 5. The molecule has 1 N–H and O–H groups in total. The predicted octanol–water partition coefficient (Wildman–Crippen LogP) is 4.03. The number of aromatic nitrogens is 1. The normalized spacial score (nSPS) is 21.7. The summed E-state index contributed by atoms with van der Waals surface area (Å²) in [6.45, 7) is 5.72. The van der Waals surface area contributed by atoms with E-state index in [4.69, 9.17) is 4.74 Å². The van der Waals surface area contributed by atoms with Crippen LogP contribution in [0, 0.1) is 5.82 Å². The SMILES string of the molecule is C[C@@H]1CN(c2ccc(NC(=O)N(Cc3ccccn3)C3CC3)cc2F)C[C@@H](C)O1. The molecule has 2 heterocycles. The van der Waals surface area contributed by atoms with Crippen molar-refractivity contribution in [2.24, 2.45) is 0 Å². The van der Waals surface area contributed by atoms with Crippen LogP contribution in [-0.4, -0.2) is 47.3 Å². The summed E-state index contributed by atoms with van der Waals surface area (Å²) < 4.78 is 20.5. The Hall–Kier alpha value is -2.67. The molecule has 1 saturated carbocycles. The number of ether oxygens (including phenoxy) is 1. The fourth-order valence-electron chi connectivity index (χ4n) is 3.83. The van der Waals surface area contributed by atoms with Crippen molar-refractivity contribution in [3.05, 3.63) is 54.1 Å². The molecule has 2 aliphatic rings. The predicted molar refractivity (Wildman–Crippen MR) is 110 cm³/mol. The number of carbonyl (C=O) groups is 1. The lowest BCUT2D eigenvalue weighted by Crippen LogP contribution is -2.45. The Kier molecular flexibility index (Phi) is 5.67. The zero-order valence-corrected chi connectivity index (χ0v) is 16.8. The second-order valence-electron chi connectivity index (χ2n) is 7.94. The third kappa shape index (κ3) is 4.85. The van der Waals surface area contributed by atoms with E-state index < -0.39 is 0 Å². The van der Waals surface area contributed by atoms with Crippen LogP contribution in [0.25, 0.3) is 0 Å². The molecule has 1 aliphatic carbocycles. The van der Waals surface area contributed by atoms with Gasteiger partial charge in [0.15, 0.2) is 0 Å². The maximum Gasteiger partial charge on any atom is 0.322 e. The highest BCUT2D eigenvalue weighted by Crippen LogP contribution is 2.30. The van der Waals surface area contributed by atoms with Gasteiger partial charge in [-0.2, -0.15) is 0 Å². The maximum atomic E-state index is 14.8. The second-order valence-corrected chi connectivity index (χ2v) is 7.94. The third-order valence-corrected chi connectivity index (χ3v) is 5.27. The van der Waals surface area contributed by atoms with E-state index in [0.717, 1.165) is 18.5 Å². The molecule has 29 heavy (non-hydrogen) atoms. The van der Waals surface area contributed by atoms with Gasteiger partial charge in [-0.1, -0.05) is 6.07 Å². The first-order valence-electron chi connectivity index (χ1n) is 10.2. The molecule has 4 rings (SSSR count). The molecule has 2 amide bonds. The van der Waals surface area contributed by atoms with Crippen LogP contribution >= 0.6 is 0 Å². The van der Waals surface area contributed by atoms with E-state index in [0.29, 0.717) is 31.0 Å². The highest BCUT2D eigenvalue weighted by Gasteiger charge is 2.33. The van der Waals surface area contributed by atoms with Crippen molar-refractivity contribution in [2.75, 3.05) is 23.3 Å². The summed E-state index contributed by atoms with van der Waals surface area (Å²) in [5.41, 5.74) is 1.83. The van der Waals surface area contributed by atoms with Gasteiger partial charge in [-0.15, -0.1) is 0 Å². The van der Waals surface area contributed by atoms with Gasteiger partial charge in [0.25, 0.3) is 0 Å². The summed E-state index contributed by atoms with van der Waals surface area (Å²) in [6.07, 6.45) is 3.80. The topological polar surface area (TPSA) is 57.7 Å². The van der Waals surface area contributed by atoms with Gasteiger partial charge in [-0.25, -0.2) is 9.18 Å². The molecule has 0 bridgehead atoms. The van der Waals surface area contributed by atoms with Crippen molar-refractivity contribution in [3.8, 4) is 0 Å². The van der Waals surface area contributed by atoms with Crippen LogP contribution in [0.2, 0.25) is 0 Å². The average molecular weight is 398 g/mol. The molecule has 1 saturated heterocycles. The molecule has 2 atom stereocenters. The van der Waals surface area contributed by atoms with Crippen molar-refractivity contribution in [3.63, 3.8) is 0 Å². The quantitative estimate of drug-likeness (QED) is 0.826. The molecule has 2 fully saturated rings. The van der Waals surface area contributed by atoms with Gasteiger partial charge in [0.1, 0.15) is 5.82 Å². The number of halogens is 1. The molecule has 1 aromatic carbocycles. The summed E-state index contributed by atoms with van der Waals surface area (Å²) in [4.78, 5) is 20.9. The Bertz CT molecular complexity index is 849. The molecule has 0 radical (unpaired) electrons. The molecular formula is C22H27FN4O2. The molecule has 7 heteroatoms. The Morgan fingerprint density at radius 2 is 2.00 bits per heavy atom. The van der Waals surface area contributed by atoms with Crippen LogP contribution < -0.4 is 10.2 Å². The largest absolute Gasteiger partial charge is 0.372 e. The summed E-state index contributed by atoms with van der Waals surface area (Å²) in [6, 6.07) is 10.5. The minimum atomic E-state index is -0.341. The second kappa shape index (κ2) is 8.37. The molecule has 0 unspecified atom stereocenters. The lowest BCUT2D eigenvalue weighted by molar-refractivity contribution is -0.00539. The molecule has 1 aliphatic heterocycles. The third-order valence-electron chi connectivity index (χ3n) is 5.27. The van der Waals surface area contributed by atoms with Crippen molar-refractivity contribution >= 4 is 17.4 Å². The molecule has 0 spiro atoms. The van der Waals surface area contributed by atoms with Crippen LogP contribution in [0.15, 0.2) is 42.6 Å². The van der Waals surface area contributed by atoms with Crippen molar-refractivity contribution < 1.29 is 13.9 Å². The van der Waals surface area contributed by atoms with Crippen LogP contribution in [-0.2, 0) is 11.3 Å². The zero-order valence-electron chi connectivity index (χ0n) is 16.8. The van der Waals surface area contributed by atoms with Gasteiger partial charge in [-0.05, 0) is 57.0 Å². The van der Waals surface area contributed by atoms with E-state index in [2.05, 4.69) is 10.3 Å². The van der Waals surface area contributed by atoms with Gasteiger partial charge in [-0.3, -0.25) is 4.98 Å². The number of nitrogens with zero attached hydrogens (tertiary/aromatic N) is 3. The van der Waals surface area contributed by atoms with E-state index in [-0.39, 0.29) is 30.1 Å². The van der Waals surface area contributed by atoms with E-state index in [1.165, 1.54) is 6.07 Å².